The highest BCUT2D eigenvalue weighted by Gasteiger charge is 2.12. The third kappa shape index (κ3) is 4.29. The summed E-state index contributed by atoms with van der Waals surface area (Å²) in [7, 11) is 0. The number of carboxylic acids is 1. The van der Waals surface area contributed by atoms with Crippen molar-refractivity contribution in [3.8, 4) is 5.75 Å². The van der Waals surface area contributed by atoms with E-state index in [0.717, 1.165) is 26.4 Å². The van der Waals surface area contributed by atoms with Gasteiger partial charge in [0.1, 0.15) is 10.8 Å². The van der Waals surface area contributed by atoms with E-state index in [9.17, 15) is 9.90 Å². The van der Waals surface area contributed by atoms with Crippen LogP contribution in [0.3, 0.4) is 0 Å². The number of fused-ring (bicyclic) bond motifs is 1. The molecule has 1 aromatic heterocycles. The number of hydrogen-bond acceptors (Lipinski definition) is 4. The first-order valence-electron chi connectivity index (χ1n) is 7.40. The van der Waals surface area contributed by atoms with Crippen LogP contribution in [0.1, 0.15) is 23.4 Å². The molecule has 0 aliphatic rings. The largest absolute Gasteiger partial charge is 0.506 e. The number of aliphatic carboxylic acids is 1. The SMILES string of the molecule is O=C(O)CC/C(=C\c1cc(Br)c(O)c(Br)c1)c1nc2ccccc2s1. The molecule has 2 aromatic carbocycles. The van der Waals surface area contributed by atoms with Gasteiger partial charge in [-0.05, 0) is 79.8 Å². The Morgan fingerprint density at radius 3 is 2.48 bits per heavy atom. The fourth-order valence-corrected chi connectivity index (χ4v) is 4.59. The summed E-state index contributed by atoms with van der Waals surface area (Å²) in [5, 5.41) is 19.7. The molecule has 1 heterocycles. The normalized spacial score (nSPS) is 11.8. The molecular formula is C18H13Br2NO3S. The van der Waals surface area contributed by atoms with Crippen LogP contribution in [0.25, 0.3) is 21.9 Å². The zero-order valence-electron chi connectivity index (χ0n) is 12.9. The summed E-state index contributed by atoms with van der Waals surface area (Å²) < 4.78 is 2.19. The van der Waals surface area contributed by atoms with E-state index in [0.29, 0.717) is 15.4 Å². The van der Waals surface area contributed by atoms with Crippen LogP contribution >= 0.6 is 43.2 Å². The Morgan fingerprint density at radius 2 is 1.84 bits per heavy atom. The van der Waals surface area contributed by atoms with Gasteiger partial charge >= 0.3 is 5.97 Å². The maximum Gasteiger partial charge on any atom is 0.303 e. The standard InChI is InChI=1S/C18H13Br2NO3S/c19-12-8-10(9-13(20)17(12)24)7-11(5-6-16(22)23)18-21-14-3-1-2-4-15(14)25-18/h1-4,7-9,24H,5-6H2,(H,22,23)/b11-7+. The molecule has 3 aromatic rings. The summed E-state index contributed by atoms with van der Waals surface area (Å²) in [6.45, 7) is 0. The number of para-hydroxylation sites is 1. The molecule has 25 heavy (non-hydrogen) atoms. The van der Waals surface area contributed by atoms with E-state index in [-0.39, 0.29) is 12.2 Å². The van der Waals surface area contributed by atoms with E-state index in [1.54, 1.807) is 23.5 Å². The molecule has 128 valence electrons. The fraction of sp³-hybridized carbons (Fsp3) is 0.111. The number of hydrogen-bond donors (Lipinski definition) is 2. The zero-order valence-corrected chi connectivity index (χ0v) is 16.9. The van der Waals surface area contributed by atoms with Gasteiger partial charge in [0.05, 0.1) is 19.2 Å². The number of rotatable bonds is 5. The maximum atomic E-state index is 11.0. The van der Waals surface area contributed by atoms with E-state index >= 15 is 0 Å². The Hall–Kier alpha value is -1.70. The van der Waals surface area contributed by atoms with Crippen LogP contribution in [0.4, 0.5) is 0 Å². The smallest absolute Gasteiger partial charge is 0.303 e. The van der Waals surface area contributed by atoms with Gasteiger partial charge < -0.3 is 10.2 Å². The van der Waals surface area contributed by atoms with Crippen molar-refractivity contribution in [2.24, 2.45) is 0 Å². The second-order valence-corrected chi connectivity index (χ2v) is 8.12. The molecule has 4 nitrogen and oxygen atoms in total. The summed E-state index contributed by atoms with van der Waals surface area (Å²) in [5.41, 5.74) is 2.60. The van der Waals surface area contributed by atoms with Crippen LogP contribution in [0, 0.1) is 0 Å². The van der Waals surface area contributed by atoms with Crippen LogP contribution in [0.15, 0.2) is 45.3 Å². The first kappa shape index (κ1) is 18.1. The minimum Gasteiger partial charge on any atom is -0.506 e. The molecule has 0 saturated carbocycles. The summed E-state index contributed by atoms with van der Waals surface area (Å²) in [6, 6.07) is 11.4. The highest BCUT2D eigenvalue weighted by molar-refractivity contribution is 9.11. The van der Waals surface area contributed by atoms with Gasteiger partial charge in [-0.1, -0.05) is 12.1 Å². The molecule has 0 radical (unpaired) electrons. The number of benzene rings is 2. The first-order chi connectivity index (χ1) is 11.9. The predicted octanol–water partition coefficient (Wildman–Crippen LogP) is 5.93. The van der Waals surface area contributed by atoms with Gasteiger partial charge in [0.2, 0.25) is 0 Å². The highest BCUT2D eigenvalue weighted by Crippen LogP contribution is 2.36. The van der Waals surface area contributed by atoms with Gasteiger partial charge in [-0.2, -0.15) is 0 Å². The van der Waals surface area contributed by atoms with Gasteiger partial charge in [-0.3, -0.25) is 4.79 Å². The average molecular weight is 483 g/mol. The van der Waals surface area contributed by atoms with Gasteiger partial charge in [0.25, 0.3) is 0 Å². The third-order valence-electron chi connectivity index (χ3n) is 3.56. The second kappa shape index (κ2) is 7.68. The van der Waals surface area contributed by atoms with Crippen molar-refractivity contribution in [1.82, 2.24) is 4.98 Å². The molecule has 2 N–H and O–H groups in total. The lowest BCUT2D eigenvalue weighted by Crippen LogP contribution is -1.95. The Morgan fingerprint density at radius 1 is 1.16 bits per heavy atom. The Kier molecular flexibility index (Phi) is 5.56. The van der Waals surface area contributed by atoms with Gasteiger partial charge in [-0.15, -0.1) is 11.3 Å². The lowest BCUT2D eigenvalue weighted by molar-refractivity contribution is -0.136. The number of thiazole rings is 1. The van der Waals surface area contributed by atoms with E-state index in [2.05, 4.69) is 36.8 Å². The van der Waals surface area contributed by atoms with E-state index in [4.69, 9.17) is 5.11 Å². The summed E-state index contributed by atoms with van der Waals surface area (Å²) in [5.74, 6) is -0.718. The Labute approximate surface area is 165 Å². The average Bonchev–Trinajstić information content (AvgIpc) is 3.00. The Bertz CT molecular complexity index is 925. The lowest BCUT2D eigenvalue weighted by Gasteiger charge is -2.06. The van der Waals surface area contributed by atoms with E-state index in [1.807, 2.05) is 30.3 Å². The van der Waals surface area contributed by atoms with Crippen LogP contribution in [0.5, 0.6) is 5.75 Å². The number of carbonyl (C=O) groups is 1. The zero-order chi connectivity index (χ0) is 18.0. The molecule has 0 saturated heterocycles. The highest BCUT2D eigenvalue weighted by atomic mass is 79.9. The number of carboxylic acid groups (broad SMARTS) is 1. The molecule has 0 amide bonds. The number of allylic oxidation sites excluding steroid dienone is 1. The summed E-state index contributed by atoms with van der Waals surface area (Å²) >= 11 is 8.18. The van der Waals surface area contributed by atoms with E-state index in [1.165, 1.54) is 0 Å². The van der Waals surface area contributed by atoms with Crippen LogP contribution in [-0.2, 0) is 4.79 Å². The molecule has 3 rings (SSSR count). The summed E-state index contributed by atoms with van der Waals surface area (Å²) in [4.78, 5) is 15.7. The van der Waals surface area contributed by atoms with Gasteiger partial charge in [0.15, 0.2) is 0 Å². The van der Waals surface area contributed by atoms with Gasteiger partial charge in [-0.25, -0.2) is 4.98 Å². The topological polar surface area (TPSA) is 70.4 Å². The van der Waals surface area contributed by atoms with Crippen molar-refractivity contribution < 1.29 is 15.0 Å². The fourth-order valence-electron chi connectivity index (χ4n) is 2.36. The van der Waals surface area contributed by atoms with Gasteiger partial charge in [0, 0.05) is 6.42 Å². The van der Waals surface area contributed by atoms with Crippen molar-refractivity contribution in [3.05, 3.63) is 55.9 Å². The number of aromatic nitrogens is 1. The quantitative estimate of drug-likeness (QED) is 0.472. The molecule has 0 atom stereocenters. The van der Waals surface area contributed by atoms with Crippen molar-refractivity contribution >= 4 is 71.0 Å². The van der Waals surface area contributed by atoms with Crippen molar-refractivity contribution in [3.63, 3.8) is 0 Å². The number of halogens is 2. The number of nitrogens with zero attached hydrogens (tertiary/aromatic N) is 1. The van der Waals surface area contributed by atoms with Crippen molar-refractivity contribution in [2.75, 3.05) is 0 Å². The molecule has 7 heteroatoms. The predicted molar refractivity (Wildman–Crippen MR) is 108 cm³/mol. The monoisotopic (exact) mass is 481 g/mol. The molecule has 0 spiro atoms. The van der Waals surface area contributed by atoms with Crippen molar-refractivity contribution in [2.45, 2.75) is 12.8 Å². The van der Waals surface area contributed by atoms with Crippen LogP contribution < -0.4 is 0 Å². The third-order valence-corrected chi connectivity index (χ3v) is 5.88. The Balaban J connectivity index is 2.06. The molecule has 0 unspecified atom stereocenters. The minimum atomic E-state index is -0.847. The first-order valence-corrected chi connectivity index (χ1v) is 9.80. The molecular weight excluding hydrogens is 470 g/mol. The molecule has 0 fully saturated rings. The van der Waals surface area contributed by atoms with E-state index < -0.39 is 5.97 Å². The van der Waals surface area contributed by atoms with Crippen LogP contribution in [-0.4, -0.2) is 21.2 Å². The molecule has 0 aliphatic heterocycles. The number of phenolic OH excluding ortho intramolecular Hbond substituents is 1. The number of aromatic hydroxyl groups is 1. The summed E-state index contributed by atoms with van der Waals surface area (Å²) in [6.07, 6.45) is 2.32. The van der Waals surface area contributed by atoms with Crippen molar-refractivity contribution in [1.29, 1.82) is 0 Å². The maximum absolute atomic E-state index is 11.0. The molecule has 0 bridgehead atoms. The number of phenols is 1. The minimum absolute atomic E-state index is 0.0299. The van der Waals surface area contributed by atoms with Crippen LogP contribution in [0.2, 0.25) is 0 Å². The molecule has 0 aliphatic carbocycles. The lowest BCUT2D eigenvalue weighted by atomic mass is 10.1. The second-order valence-electron chi connectivity index (χ2n) is 5.38.